The summed E-state index contributed by atoms with van der Waals surface area (Å²) in [7, 11) is -6.09. The maximum Gasteiger partial charge on any atom is 0.534 e. The molecule has 0 N–H and O–H groups in total. The molecule has 2 unspecified atom stereocenters. The zero-order valence-electron chi connectivity index (χ0n) is 17.1. The van der Waals surface area contributed by atoms with Gasteiger partial charge in [0.15, 0.2) is 0 Å². The second-order valence-corrected chi connectivity index (χ2v) is 9.07. The monoisotopic (exact) mass is 489 g/mol. The number of aromatic nitrogens is 1. The van der Waals surface area contributed by atoms with Crippen LogP contribution in [0.25, 0.3) is 11.1 Å². The van der Waals surface area contributed by atoms with E-state index in [0.717, 1.165) is 17.7 Å². The van der Waals surface area contributed by atoms with Crippen molar-refractivity contribution in [2.75, 3.05) is 0 Å². The van der Waals surface area contributed by atoms with Crippen LogP contribution in [0.1, 0.15) is 35.1 Å². The molecule has 34 heavy (non-hydrogen) atoms. The molecule has 0 amide bonds. The van der Waals surface area contributed by atoms with Crippen LogP contribution in [0.5, 0.6) is 5.88 Å². The number of rotatable bonds is 6. The number of pyridine rings is 1. The SMILES string of the molecule is N#Cc1c(-c2ccc([N+](=O)[O-])cc2)cc(C2CC2c2ccccc2)nc1OS(=O)(=O)C(F)(F)F. The Morgan fingerprint density at radius 2 is 1.74 bits per heavy atom. The maximum atomic E-state index is 13.0. The minimum absolute atomic E-state index is 0.00146. The van der Waals surface area contributed by atoms with Gasteiger partial charge in [0.2, 0.25) is 0 Å². The number of hydrogen-bond donors (Lipinski definition) is 0. The second kappa shape index (κ2) is 8.42. The lowest BCUT2D eigenvalue weighted by molar-refractivity contribution is -0.384. The quantitative estimate of drug-likeness (QED) is 0.206. The Kier molecular flexibility index (Phi) is 5.74. The molecule has 1 saturated carbocycles. The Hall–Kier alpha value is -3.98. The molecule has 0 bridgehead atoms. The van der Waals surface area contributed by atoms with Crippen LogP contribution in [0.15, 0.2) is 60.7 Å². The molecular weight excluding hydrogens is 475 g/mol. The Morgan fingerprint density at radius 1 is 1.09 bits per heavy atom. The third-order valence-electron chi connectivity index (χ3n) is 5.38. The lowest BCUT2D eigenvalue weighted by Gasteiger charge is -2.14. The van der Waals surface area contributed by atoms with Crippen molar-refractivity contribution in [2.45, 2.75) is 23.8 Å². The third-order valence-corrected chi connectivity index (χ3v) is 6.32. The fourth-order valence-corrected chi connectivity index (χ4v) is 4.05. The number of nitrogens with zero attached hydrogens (tertiary/aromatic N) is 3. The van der Waals surface area contributed by atoms with Crippen molar-refractivity contribution in [1.82, 2.24) is 4.98 Å². The van der Waals surface area contributed by atoms with E-state index in [9.17, 15) is 37.0 Å². The van der Waals surface area contributed by atoms with Crippen molar-refractivity contribution in [1.29, 1.82) is 5.26 Å². The average molecular weight is 489 g/mol. The van der Waals surface area contributed by atoms with Gasteiger partial charge in [0.25, 0.3) is 11.6 Å². The highest BCUT2D eigenvalue weighted by Gasteiger charge is 2.49. The van der Waals surface area contributed by atoms with E-state index in [4.69, 9.17) is 0 Å². The van der Waals surface area contributed by atoms with Crippen LogP contribution >= 0.6 is 0 Å². The summed E-state index contributed by atoms with van der Waals surface area (Å²) in [5, 5.41) is 20.6. The van der Waals surface area contributed by atoms with E-state index in [-0.39, 0.29) is 34.3 Å². The van der Waals surface area contributed by atoms with Crippen molar-refractivity contribution in [3.05, 3.63) is 87.6 Å². The standard InChI is InChI=1S/C22H14F3N3O5S/c23-22(24,25)34(31,32)33-21-19(12-26)17(14-6-8-15(9-7-14)28(29)30)11-20(27-21)18-10-16(18)13-4-2-1-3-5-13/h1-9,11,16,18H,10H2. The van der Waals surface area contributed by atoms with Gasteiger partial charge in [-0.15, -0.1) is 0 Å². The molecule has 174 valence electrons. The zero-order chi connectivity index (χ0) is 24.7. The van der Waals surface area contributed by atoms with Gasteiger partial charge in [-0.1, -0.05) is 30.3 Å². The molecule has 2 aromatic carbocycles. The van der Waals surface area contributed by atoms with Crippen LogP contribution in [0.2, 0.25) is 0 Å². The molecule has 1 aliphatic carbocycles. The predicted molar refractivity (Wildman–Crippen MR) is 113 cm³/mol. The summed E-state index contributed by atoms with van der Waals surface area (Å²) < 4.78 is 66.5. The first kappa shape index (κ1) is 23.2. The first-order valence-corrected chi connectivity index (χ1v) is 11.2. The van der Waals surface area contributed by atoms with Crippen LogP contribution in [-0.2, 0) is 10.1 Å². The van der Waals surface area contributed by atoms with E-state index in [2.05, 4.69) is 9.17 Å². The van der Waals surface area contributed by atoms with E-state index in [0.29, 0.717) is 6.42 Å². The molecule has 1 fully saturated rings. The minimum atomic E-state index is -6.09. The molecule has 1 heterocycles. The van der Waals surface area contributed by atoms with E-state index in [1.165, 1.54) is 18.2 Å². The maximum absolute atomic E-state index is 13.0. The van der Waals surface area contributed by atoms with Crippen LogP contribution in [-0.4, -0.2) is 23.8 Å². The predicted octanol–water partition coefficient (Wildman–Crippen LogP) is 5.03. The highest BCUT2D eigenvalue weighted by atomic mass is 32.2. The molecule has 8 nitrogen and oxygen atoms in total. The van der Waals surface area contributed by atoms with Gasteiger partial charge >= 0.3 is 15.6 Å². The smallest absolute Gasteiger partial charge is 0.354 e. The Bertz CT molecular complexity index is 1400. The number of alkyl halides is 3. The summed E-state index contributed by atoms with van der Waals surface area (Å²) >= 11 is 0. The molecule has 1 aromatic heterocycles. The van der Waals surface area contributed by atoms with Crippen LogP contribution in [0.4, 0.5) is 18.9 Å². The summed E-state index contributed by atoms with van der Waals surface area (Å²) in [4.78, 5) is 14.3. The van der Waals surface area contributed by atoms with E-state index < -0.39 is 32.0 Å². The van der Waals surface area contributed by atoms with E-state index >= 15 is 0 Å². The number of nitro benzene ring substituents is 1. The van der Waals surface area contributed by atoms with Gasteiger partial charge < -0.3 is 4.18 Å². The fraction of sp³-hybridized carbons (Fsp3) is 0.182. The number of non-ortho nitro benzene ring substituents is 1. The first-order chi connectivity index (χ1) is 16.0. The molecule has 4 rings (SSSR count). The van der Waals surface area contributed by atoms with Gasteiger partial charge in [0.05, 0.1) is 4.92 Å². The number of halogens is 3. The average Bonchev–Trinajstić information content (AvgIpc) is 3.59. The molecule has 12 heteroatoms. The van der Waals surface area contributed by atoms with Crippen molar-refractivity contribution >= 4 is 15.8 Å². The summed E-state index contributed by atoms with van der Waals surface area (Å²) in [6.45, 7) is 0. The lowest BCUT2D eigenvalue weighted by atomic mass is 9.98. The molecule has 0 radical (unpaired) electrons. The highest BCUT2D eigenvalue weighted by molar-refractivity contribution is 7.87. The van der Waals surface area contributed by atoms with Crippen LogP contribution in [0, 0.1) is 21.4 Å². The van der Waals surface area contributed by atoms with Gasteiger partial charge in [-0.3, -0.25) is 10.1 Å². The number of hydrogen-bond acceptors (Lipinski definition) is 7. The molecule has 1 aliphatic rings. The van der Waals surface area contributed by atoms with Gasteiger partial charge in [0.1, 0.15) is 11.6 Å². The Labute approximate surface area is 191 Å². The second-order valence-electron chi connectivity index (χ2n) is 7.53. The topological polar surface area (TPSA) is 123 Å². The van der Waals surface area contributed by atoms with Crippen molar-refractivity contribution < 1.29 is 30.7 Å². The summed E-state index contributed by atoms with van der Waals surface area (Å²) in [5.41, 5.74) is -4.99. The molecular formula is C22H14F3N3O5S. The molecule has 0 spiro atoms. The zero-order valence-corrected chi connectivity index (χ0v) is 17.9. The van der Waals surface area contributed by atoms with Crippen LogP contribution < -0.4 is 4.18 Å². The molecule has 3 aromatic rings. The number of nitro groups is 1. The summed E-state index contributed by atoms with van der Waals surface area (Å²) in [5.74, 6) is -1.24. The van der Waals surface area contributed by atoms with Gasteiger partial charge in [0, 0.05) is 29.3 Å². The number of nitriles is 1. The third kappa shape index (κ3) is 4.42. The van der Waals surface area contributed by atoms with E-state index in [1.54, 1.807) is 6.07 Å². The van der Waals surface area contributed by atoms with Crippen molar-refractivity contribution in [3.63, 3.8) is 0 Å². The van der Waals surface area contributed by atoms with E-state index in [1.807, 2.05) is 30.3 Å². The Morgan fingerprint density at radius 3 is 2.29 bits per heavy atom. The van der Waals surface area contributed by atoms with Crippen molar-refractivity contribution in [2.24, 2.45) is 0 Å². The minimum Gasteiger partial charge on any atom is -0.354 e. The highest BCUT2D eigenvalue weighted by Crippen LogP contribution is 2.55. The van der Waals surface area contributed by atoms with Crippen molar-refractivity contribution in [3.8, 4) is 23.1 Å². The largest absolute Gasteiger partial charge is 0.534 e. The molecule has 2 atom stereocenters. The van der Waals surface area contributed by atoms with Gasteiger partial charge in [-0.05, 0) is 41.7 Å². The molecule has 0 saturated heterocycles. The lowest BCUT2D eigenvalue weighted by Crippen LogP contribution is -2.28. The van der Waals surface area contributed by atoms with Crippen LogP contribution in [0.3, 0.4) is 0 Å². The summed E-state index contributed by atoms with van der Waals surface area (Å²) in [6, 6.07) is 17.3. The first-order valence-electron chi connectivity index (χ1n) is 9.77. The molecule has 0 aliphatic heterocycles. The fourth-order valence-electron chi connectivity index (χ4n) is 3.63. The number of benzene rings is 2. The van der Waals surface area contributed by atoms with Gasteiger partial charge in [-0.2, -0.15) is 26.9 Å². The summed E-state index contributed by atoms with van der Waals surface area (Å²) in [6.07, 6.45) is 0.605. The normalized spacial score (nSPS) is 17.6. The Balaban J connectivity index is 1.84. The van der Waals surface area contributed by atoms with Gasteiger partial charge in [-0.25, -0.2) is 4.98 Å².